The minimum absolute atomic E-state index is 0.235. The molecule has 0 aliphatic heterocycles. The number of carbonyl (C=O) groups is 3. The van der Waals surface area contributed by atoms with Crippen molar-refractivity contribution in [2.45, 2.75) is 145 Å². The Morgan fingerprint density at radius 1 is 0.938 bits per heavy atom. The molecule has 1 fully saturated rings. The lowest BCUT2D eigenvalue weighted by molar-refractivity contribution is -0.146. The minimum Gasteiger partial charge on any atom is -0.307 e. The van der Waals surface area contributed by atoms with Gasteiger partial charge in [-0.1, -0.05) is 116 Å². The van der Waals surface area contributed by atoms with Gasteiger partial charge in [0.15, 0.2) is 0 Å². The van der Waals surface area contributed by atoms with Crippen molar-refractivity contribution in [1.29, 1.82) is 0 Å². The summed E-state index contributed by atoms with van der Waals surface area (Å²) in [5.41, 5.74) is 5.37. The van der Waals surface area contributed by atoms with Gasteiger partial charge in [0.2, 0.25) is 0 Å². The van der Waals surface area contributed by atoms with E-state index in [1.807, 2.05) is 61.3 Å². The van der Waals surface area contributed by atoms with E-state index in [0.29, 0.717) is 23.2 Å². The van der Waals surface area contributed by atoms with Gasteiger partial charge in [0, 0.05) is 18.0 Å². The molecular weight excluding hydrogens is 632 g/mol. The molecule has 3 unspecified atom stereocenters. The van der Waals surface area contributed by atoms with Gasteiger partial charge in [0.1, 0.15) is 24.4 Å². The fourth-order valence-electron chi connectivity index (χ4n) is 5.25. The number of halogens is 3. The van der Waals surface area contributed by atoms with Crippen molar-refractivity contribution in [3.63, 3.8) is 0 Å². The number of ketones is 1. The van der Waals surface area contributed by atoms with Gasteiger partial charge < -0.3 is 9.59 Å². The summed E-state index contributed by atoms with van der Waals surface area (Å²) in [6.45, 7) is 32.2. The number of hydrogen-bond acceptors (Lipinski definition) is 5. The van der Waals surface area contributed by atoms with Gasteiger partial charge in [0.25, 0.3) is 0 Å². The molecule has 0 amide bonds. The van der Waals surface area contributed by atoms with Gasteiger partial charge in [0.05, 0.1) is 5.92 Å². The molecule has 0 bridgehead atoms. The normalized spacial score (nSPS) is 16.5. The lowest BCUT2D eigenvalue weighted by atomic mass is 9.89. The monoisotopic (exact) mass is 695 g/mol. The number of benzene rings is 1. The Hall–Kier alpha value is -2.74. The second-order valence-corrected chi connectivity index (χ2v) is 13.7. The van der Waals surface area contributed by atoms with Crippen LogP contribution in [0.3, 0.4) is 0 Å². The Morgan fingerprint density at radius 2 is 1.46 bits per heavy atom. The molecule has 1 aromatic heterocycles. The number of alkyl halides is 3. The topological polar surface area (TPSA) is 64.1 Å². The molecule has 1 aromatic carbocycles. The van der Waals surface area contributed by atoms with Crippen LogP contribution in [0.1, 0.15) is 140 Å². The molecule has 3 rings (SSSR count). The molecule has 274 valence electrons. The number of nitrogens with zero attached hydrogens (tertiary/aromatic N) is 1. The molecule has 0 saturated heterocycles. The molecule has 4 atom stereocenters. The van der Waals surface area contributed by atoms with Crippen LogP contribution in [-0.2, 0) is 14.4 Å². The highest BCUT2D eigenvalue weighted by Gasteiger charge is 2.36. The van der Waals surface area contributed by atoms with Crippen molar-refractivity contribution >= 4 is 31.1 Å². The number of carbonyl (C=O) groups excluding carboxylic acids is 3. The van der Waals surface area contributed by atoms with E-state index >= 15 is 0 Å². The van der Waals surface area contributed by atoms with Crippen LogP contribution in [0, 0.1) is 38.5 Å². The lowest BCUT2D eigenvalue weighted by Gasteiger charge is -2.17. The number of aromatic nitrogens is 1. The van der Waals surface area contributed by atoms with E-state index in [9.17, 15) is 18.0 Å². The highest BCUT2D eigenvalue weighted by atomic mass is 32.2. The molecule has 0 N–H and O–H groups in total. The van der Waals surface area contributed by atoms with Crippen molar-refractivity contribution in [2.75, 3.05) is 0 Å². The first-order chi connectivity index (χ1) is 22.5. The Kier molecular flexibility index (Phi) is 28.1. The average molecular weight is 696 g/mol. The summed E-state index contributed by atoms with van der Waals surface area (Å²) in [7, 11) is 0. The molecule has 0 radical (unpaired) electrons. The molecule has 1 aliphatic rings. The second kappa shape index (κ2) is 27.1. The Balaban J connectivity index is -0.000000589. The first kappa shape index (κ1) is 49.6. The molecule has 0 spiro atoms. The number of pyridine rings is 1. The fourth-order valence-corrected chi connectivity index (χ4v) is 5.95. The van der Waals surface area contributed by atoms with Gasteiger partial charge in [-0.3, -0.25) is 4.79 Å². The summed E-state index contributed by atoms with van der Waals surface area (Å²) in [4.78, 5) is 33.3. The van der Waals surface area contributed by atoms with Crippen LogP contribution in [-0.4, -0.2) is 30.5 Å². The van der Waals surface area contributed by atoms with E-state index in [-0.39, 0.29) is 5.92 Å². The van der Waals surface area contributed by atoms with Crippen LogP contribution in [0.5, 0.6) is 0 Å². The van der Waals surface area contributed by atoms with Crippen LogP contribution in [0.2, 0.25) is 0 Å². The van der Waals surface area contributed by atoms with Gasteiger partial charge in [-0.05, 0) is 92.9 Å². The molecule has 1 aliphatic carbocycles. The lowest BCUT2D eigenvalue weighted by Crippen LogP contribution is -2.19. The van der Waals surface area contributed by atoms with Gasteiger partial charge >= 0.3 is 6.18 Å². The van der Waals surface area contributed by atoms with E-state index in [1.54, 1.807) is 23.9 Å². The van der Waals surface area contributed by atoms with E-state index < -0.39 is 12.1 Å². The quantitative estimate of drug-likeness (QED) is 0.213. The van der Waals surface area contributed by atoms with Crippen LogP contribution >= 0.6 is 11.8 Å². The SMILES string of the molecule is C=C(C)Sc1ncc(C)c(C(C)CC)c1C.C=O.C=O.CC.CC1CCCC(C(=O)C(C)C)CC1.Cc1ccc([C@H](C)C(F)(F)F)cc1. The van der Waals surface area contributed by atoms with E-state index in [1.165, 1.54) is 61.4 Å². The number of Topliss-reactive ketones (excluding diaryl/α,β-unsaturated/α-hetero) is 1. The predicted octanol–water partition coefficient (Wildman–Crippen LogP) is 12.6. The zero-order valence-electron chi connectivity index (χ0n) is 31.9. The Labute approximate surface area is 295 Å². The zero-order valence-corrected chi connectivity index (χ0v) is 32.7. The largest absolute Gasteiger partial charge is 0.395 e. The standard InChI is InChI=1S/C14H21NS.C12H22O.C10H11F3.C2H6.2CH2O/c1-7-10(4)13-11(5)8-15-14(12(13)6)16-9(2)3;1-9(2)12(13)11-6-4-5-10(3)7-8-11;1-7-3-5-9(6-4-7)8(2)10(11,12)13;3*1-2/h8,10H,2,7H2,1,3-6H3;9-11H,4-8H2,1-3H3;3-6,8H,1-2H3;1-2H3;2*1H2/t;;8-;;;/m..0.../s1. The first-order valence-electron chi connectivity index (χ1n) is 17.0. The summed E-state index contributed by atoms with van der Waals surface area (Å²) in [6, 6.07) is 6.43. The third kappa shape index (κ3) is 19.3. The first-order valence-corrected chi connectivity index (χ1v) is 17.8. The fraction of sp³-hybridized carbons (Fsp3) is 0.600. The van der Waals surface area contributed by atoms with Gasteiger partial charge in [-0.25, -0.2) is 4.98 Å². The van der Waals surface area contributed by atoms with Gasteiger partial charge in [-0.2, -0.15) is 13.2 Å². The average Bonchev–Trinajstić information content (AvgIpc) is 3.29. The number of aryl methyl sites for hydroxylation is 2. The maximum absolute atomic E-state index is 12.2. The van der Waals surface area contributed by atoms with Gasteiger partial charge in [-0.15, -0.1) is 0 Å². The third-order valence-electron chi connectivity index (χ3n) is 8.20. The number of rotatable bonds is 7. The van der Waals surface area contributed by atoms with Crippen LogP contribution in [0.25, 0.3) is 0 Å². The highest BCUT2D eigenvalue weighted by Crippen LogP contribution is 2.35. The van der Waals surface area contributed by atoms with Crippen LogP contribution < -0.4 is 0 Å². The maximum atomic E-state index is 12.2. The van der Waals surface area contributed by atoms with Crippen molar-refractivity contribution in [3.8, 4) is 0 Å². The number of allylic oxidation sites excluding steroid dienone is 1. The highest BCUT2D eigenvalue weighted by molar-refractivity contribution is 8.03. The maximum Gasteiger partial charge on any atom is 0.395 e. The summed E-state index contributed by atoms with van der Waals surface area (Å²) >= 11 is 1.67. The summed E-state index contributed by atoms with van der Waals surface area (Å²) in [5.74, 6) is 1.17. The second-order valence-electron chi connectivity index (χ2n) is 12.4. The van der Waals surface area contributed by atoms with E-state index in [0.717, 1.165) is 34.3 Å². The zero-order chi connectivity index (χ0) is 38.2. The smallest absolute Gasteiger partial charge is 0.307 e. The van der Waals surface area contributed by atoms with E-state index in [2.05, 4.69) is 46.2 Å². The molecule has 2 aromatic rings. The molecule has 4 nitrogen and oxygen atoms in total. The van der Waals surface area contributed by atoms with Crippen LogP contribution in [0.15, 0.2) is 47.0 Å². The van der Waals surface area contributed by atoms with Crippen molar-refractivity contribution in [1.82, 2.24) is 4.98 Å². The van der Waals surface area contributed by atoms with E-state index in [4.69, 9.17) is 9.59 Å². The molecular formula is C40H64F3NO3S. The Bertz CT molecular complexity index is 1160. The molecule has 48 heavy (non-hydrogen) atoms. The number of thioether (sulfide) groups is 1. The van der Waals surface area contributed by atoms with Crippen LogP contribution in [0.4, 0.5) is 13.2 Å². The molecule has 8 heteroatoms. The molecule has 1 heterocycles. The van der Waals surface area contributed by atoms with Crippen molar-refractivity contribution < 1.29 is 27.6 Å². The molecule has 1 saturated carbocycles. The summed E-state index contributed by atoms with van der Waals surface area (Å²) in [6.07, 6.45) is 5.12. The minimum atomic E-state index is -4.14. The third-order valence-corrected chi connectivity index (χ3v) is 9.15. The van der Waals surface area contributed by atoms with Crippen molar-refractivity contribution in [2.24, 2.45) is 17.8 Å². The predicted molar refractivity (Wildman–Crippen MR) is 200 cm³/mol. The number of hydrogen-bond donors (Lipinski definition) is 0. The van der Waals surface area contributed by atoms with Crippen molar-refractivity contribution in [3.05, 3.63) is 69.8 Å². The summed E-state index contributed by atoms with van der Waals surface area (Å²) < 4.78 is 36.7. The Morgan fingerprint density at radius 3 is 1.90 bits per heavy atom. The summed E-state index contributed by atoms with van der Waals surface area (Å²) in [5, 5.41) is 1.11.